The molecule has 10 heteroatoms. The Bertz CT molecular complexity index is 1350. The average Bonchev–Trinajstić information content (AvgIpc) is 2.86. The van der Waals surface area contributed by atoms with Crippen LogP contribution in [0.2, 0.25) is 0 Å². The Kier molecular flexibility index (Phi) is 10.1. The number of benzene rings is 2. The summed E-state index contributed by atoms with van der Waals surface area (Å²) in [7, 11) is 0. The zero-order chi connectivity index (χ0) is 32.3. The van der Waals surface area contributed by atoms with Gasteiger partial charge in [-0.15, -0.1) is 0 Å². The van der Waals surface area contributed by atoms with Crippen molar-refractivity contribution in [2.24, 2.45) is 0 Å². The van der Waals surface area contributed by atoms with Gasteiger partial charge in [0.2, 0.25) is 17.7 Å². The third kappa shape index (κ3) is 9.20. The van der Waals surface area contributed by atoms with Crippen LogP contribution in [0.15, 0.2) is 36.4 Å². The number of amides is 4. The lowest BCUT2D eigenvalue weighted by Gasteiger charge is -2.38. The topological polar surface area (TPSA) is 137 Å². The highest BCUT2D eigenvalue weighted by atomic mass is 16.6. The molecule has 2 aromatic rings. The lowest BCUT2D eigenvalue weighted by molar-refractivity contribution is -0.144. The number of nitrogens with zero attached hydrogens (tertiary/aromatic N) is 1. The third-order valence-corrected chi connectivity index (χ3v) is 7.16. The number of carbonyl (C=O) groups is 4. The van der Waals surface area contributed by atoms with Crippen molar-refractivity contribution >= 4 is 23.8 Å². The van der Waals surface area contributed by atoms with E-state index >= 15 is 0 Å². The van der Waals surface area contributed by atoms with Gasteiger partial charge in [0, 0.05) is 24.9 Å². The molecule has 3 atom stereocenters. The normalized spacial score (nSPS) is 16.4. The maximum absolute atomic E-state index is 14.4. The van der Waals surface area contributed by atoms with Crippen molar-refractivity contribution in [3.8, 4) is 5.75 Å². The minimum atomic E-state index is -1.07. The fourth-order valence-corrected chi connectivity index (χ4v) is 5.19. The first kappa shape index (κ1) is 33.4. The van der Waals surface area contributed by atoms with Crippen molar-refractivity contribution in [2.45, 2.75) is 111 Å². The minimum Gasteiger partial charge on any atom is -0.508 e. The molecule has 234 valence electrons. The van der Waals surface area contributed by atoms with Gasteiger partial charge in [0.15, 0.2) is 0 Å². The van der Waals surface area contributed by atoms with E-state index in [-0.39, 0.29) is 31.0 Å². The van der Waals surface area contributed by atoms with Gasteiger partial charge >= 0.3 is 6.09 Å². The number of aromatic hydroxyl groups is 1. The van der Waals surface area contributed by atoms with Crippen LogP contribution in [-0.4, -0.2) is 63.1 Å². The van der Waals surface area contributed by atoms with Crippen molar-refractivity contribution in [3.63, 3.8) is 0 Å². The van der Waals surface area contributed by atoms with Crippen molar-refractivity contribution in [2.75, 3.05) is 0 Å². The standard InChI is InChI=1S/C33H46N4O6/c1-19-14-24(38)15-20(2)25(19)17-26(35-31(42)43-33(7,8)9)30(41)37-18-23-13-11-10-12-22(23)16-27(37)29(40)34-21(3)28(39)36-32(4,5)6/h10-15,21,26-27,38H,16-18H2,1-9H3,(H,34,40)(H,35,42)(H,36,39)/t21-,26-,27-/m0/s1. The quantitative estimate of drug-likeness (QED) is 0.385. The predicted molar refractivity (Wildman–Crippen MR) is 164 cm³/mol. The molecule has 1 aliphatic rings. The maximum atomic E-state index is 14.4. The lowest BCUT2D eigenvalue weighted by atomic mass is 9.91. The summed E-state index contributed by atoms with van der Waals surface area (Å²) in [5.74, 6) is -1.15. The van der Waals surface area contributed by atoms with Crippen LogP contribution in [0.25, 0.3) is 0 Å². The number of phenolic OH excluding ortho intramolecular Hbond substituents is 1. The summed E-state index contributed by atoms with van der Waals surface area (Å²) in [6.45, 7) is 16.2. The van der Waals surface area contributed by atoms with Crippen molar-refractivity contribution in [3.05, 3.63) is 64.2 Å². The van der Waals surface area contributed by atoms with Crippen molar-refractivity contribution < 1.29 is 29.0 Å². The molecule has 4 N–H and O–H groups in total. The Labute approximate surface area is 254 Å². The van der Waals surface area contributed by atoms with Gasteiger partial charge < -0.3 is 30.7 Å². The SMILES string of the molecule is Cc1cc(O)cc(C)c1C[C@H](NC(=O)OC(C)(C)C)C(=O)N1Cc2ccccc2C[C@H]1C(=O)N[C@@H](C)C(=O)NC(C)(C)C. The molecule has 0 saturated carbocycles. The van der Waals surface area contributed by atoms with Crippen LogP contribution in [0.4, 0.5) is 4.79 Å². The molecule has 0 fully saturated rings. The minimum absolute atomic E-state index is 0.107. The molecular formula is C33H46N4O6. The number of aryl methyl sites for hydroxylation is 2. The van der Waals surface area contributed by atoms with Crippen LogP contribution in [0, 0.1) is 13.8 Å². The highest BCUT2D eigenvalue weighted by molar-refractivity contribution is 5.94. The van der Waals surface area contributed by atoms with E-state index in [0.717, 1.165) is 27.8 Å². The number of hydrogen-bond donors (Lipinski definition) is 4. The molecule has 0 spiro atoms. The second-order valence-electron chi connectivity index (χ2n) is 13.4. The van der Waals surface area contributed by atoms with E-state index in [1.807, 2.05) is 58.9 Å². The lowest BCUT2D eigenvalue weighted by Crippen LogP contribution is -2.60. The molecule has 0 unspecified atom stereocenters. The number of rotatable bonds is 7. The molecule has 0 radical (unpaired) electrons. The van der Waals surface area contributed by atoms with Gasteiger partial charge in [-0.05, 0) is 102 Å². The van der Waals surface area contributed by atoms with Crippen LogP contribution < -0.4 is 16.0 Å². The van der Waals surface area contributed by atoms with E-state index in [2.05, 4.69) is 16.0 Å². The first-order valence-electron chi connectivity index (χ1n) is 14.6. The molecule has 1 heterocycles. The van der Waals surface area contributed by atoms with E-state index in [4.69, 9.17) is 4.74 Å². The largest absolute Gasteiger partial charge is 0.508 e. The number of nitrogens with one attached hydrogen (secondary N) is 3. The van der Waals surface area contributed by atoms with Gasteiger partial charge in [-0.3, -0.25) is 14.4 Å². The van der Waals surface area contributed by atoms with Crippen LogP contribution >= 0.6 is 0 Å². The highest BCUT2D eigenvalue weighted by Crippen LogP contribution is 2.27. The zero-order valence-electron chi connectivity index (χ0n) is 26.8. The van der Waals surface area contributed by atoms with E-state index < -0.39 is 47.2 Å². The Morgan fingerprint density at radius 2 is 1.56 bits per heavy atom. The molecular weight excluding hydrogens is 548 g/mol. The summed E-state index contributed by atoms with van der Waals surface area (Å²) in [5.41, 5.74) is 2.87. The van der Waals surface area contributed by atoms with E-state index in [1.54, 1.807) is 39.8 Å². The highest BCUT2D eigenvalue weighted by Gasteiger charge is 2.39. The molecule has 2 aromatic carbocycles. The molecule has 1 aliphatic heterocycles. The summed E-state index contributed by atoms with van der Waals surface area (Å²) in [6.07, 6.45) is -0.393. The van der Waals surface area contributed by atoms with E-state index in [0.29, 0.717) is 0 Å². The van der Waals surface area contributed by atoms with Gasteiger partial charge in [0.1, 0.15) is 29.5 Å². The first-order valence-corrected chi connectivity index (χ1v) is 14.6. The molecule has 0 saturated heterocycles. The fraction of sp³-hybridized carbons (Fsp3) is 0.515. The molecule has 10 nitrogen and oxygen atoms in total. The summed E-state index contributed by atoms with van der Waals surface area (Å²) >= 11 is 0. The smallest absolute Gasteiger partial charge is 0.408 e. The summed E-state index contributed by atoms with van der Waals surface area (Å²) in [5, 5.41) is 18.5. The second-order valence-corrected chi connectivity index (χ2v) is 13.4. The number of alkyl carbamates (subject to hydrolysis) is 1. The molecule has 0 aromatic heterocycles. The average molecular weight is 595 g/mol. The van der Waals surface area contributed by atoms with Crippen molar-refractivity contribution in [1.82, 2.24) is 20.9 Å². The van der Waals surface area contributed by atoms with E-state index in [9.17, 15) is 24.3 Å². The molecule has 0 bridgehead atoms. The number of phenols is 1. The third-order valence-electron chi connectivity index (χ3n) is 7.16. The predicted octanol–water partition coefficient (Wildman–Crippen LogP) is 3.82. The number of fused-ring (bicyclic) bond motifs is 1. The van der Waals surface area contributed by atoms with Gasteiger partial charge in [0.05, 0.1) is 0 Å². The second kappa shape index (κ2) is 13.1. The summed E-state index contributed by atoms with van der Waals surface area (Å²) in [6, 6.07) is 7.98. The van der Waals surface area contributed by atoms with Gasteiger partial charge in [0.25, 0.3) is 0 Å². The van der Waals surface area contributed by atoms with E-state index in [1.165, 1.54) is 4.90 Å². The zero-order valence-corrected chi connectivity index (χ0v) is 26.8. The Balaban J connectivity index is 1.97. The number of hydrogen-bond acceptors (Lipinski definition) is 6. The molecule has 3 rings (SSSR count). The Hall–Kier alpha value is -4.08. The summed E-state index contributed by atoms with van der Waals surface area (Å²) < 4.78 is 5.49. The van der Waals surface area contributed by atoms with Crippen LogP contribution in [0.1, 0.15) is 76.3 Å². The number of ether oxygens (including phenoxy) is 1. The maximum Gasteiger partial charge on any atom is 0.408 e. The fourth-order valence-electron chi connectivity index (χ4n) is 5.19. The number of carbonyl (C=O) groups excluding carboxylic acids is 4. The molecule has 43 heavy (non-hydrogen) atoms. The Morgan fingerprint density at radius 3 is 2.12 bits per heavy atom. The molecule has 0 aliphatic carbocycles. The van der Waals surface area contributed by atoms with Gasteiger partial charge in [-0.25, -0.2) is 4.79 Å². The van der Waals surface area contributed by atoms with Crippen LogP contribution in [0.5, 0.6) is 5.75 Å². The van der Waals surface area contributed by atoms with Gasteiger partial charge in [-0.2, -0.15) is 0 Å². The van der Waals surface area contributed by atoms with Crippen LogP contribution in [-0.2, 0) is 38.5 Å². The van der Waals surface area contributed by atoms with Crippen molar-refractivity contribution in [1.29, 1.82) is 0 Å². The van der Waals surface area contributed by atoms with Gasteiger partial charge in [-0.1, -0.05) is 24.3 Å². The molecule has 4 amide bonds. The van der Waals surface area contributed by atoms with Crippen LogP contribution in [0.3, 0.4) is 0 Å². The first-order chi connectivity index (χ1) is 19.8. The Morgan fingerprint density at radius 1 is 0.977 bits per heavy atom. The monoisotopic (exact) mass is 594 g/mol. The summed E-state index contributed by atoms with van der Waals surface area (Å²) in [4.78, 5) is 55.2.